The van der Waals surface area contributed by atoms with E-state index in [0.29, 0.717) is 18.8 Å². The van der Waals surface area contributed by atoms with Gasteiger partial charge in [-0.05, 0) is 52.9 Å². The standard InChI is InChI=1S/C19H29N3O4/c1-19(2,3)25-18(24)21-13-7-6-10-15(21)17(23)22(14-8-4-5-9-14)16-11-12-20-26-16/h11-12,14-15H,4-10,13H2,1-3H3. The molecule has 0 N–H and O–H groups in total. The molecule has 7 nitrogen and oxygen atoms in total. The minimum absolute atomic E-state index is 0.0841. The number of ether oxygens (including phenoxy) is 1. The number of amides is 2. The van der Waals surface area contributed by atoms with Crippen LogP contribution < -0.4 is 4.90 Å². The molecular formula is C19H29N3O4. The van der Waals surface area contributed by atoms with Crippen molar-refractivity contribution < 1.29 is 18.8 Å². The van der Waals surface area contributed by atoms with Crippen LogP contribution in [0.2, 0.25) is 0 Å². The third-order valence-electron chi connectivity index (χ3n) is 5.00. The van der Waals surface area contributed by atoms with Gasteiger partial charge in [0.25, 0.3) is 5.91 Å². The maximum atomic E-state index is 13.5. The Labute approximate surface area is 154 Å². The summed E-state index contributed by atoms with van der Waals surface area (Å²) in [6, 6.07) is 1.32. The molecule has 1 unspecified atom stereocenters. The van der Waals surface area contributed by atoms with Crippen molar-refractivity contribution in [1.29, 1.82) is 0 Å². The zero-order valence-electron chi connectivity index (χ0n) is 15.9. The number of nitrogens with zero attached hydrogens (tertiary/aromatic N) is 3. The number of piperidine rings is 1. The zero-order valence-corrected chi connectivity index (χ0v) is 15.9. The molecule has 1 aliphatic carbocycles. The van der Waals surface area contributed by atoms with Crippen molar-refractivity contribution in [2.75, 3.05) is 11.4 Å². The molecule has 0 radical (unpaired) electrons. The predicted octanol–water partition coefficient (Wildman–Crippen LogP) is 3.74. The second kappa shape index (κ2) is 7.68. The summed E-state index contributed by atoms with van der Waals surface area (Å²) in [7, 11) is 0. The van der Waals surface area contributed by atoms with Gasteiger partial charge in [-0.1, -0.05) is 18.0 Å². The summed E-state index contributed by atoms with van der Waals surface area (Å²) in [5.74, 6) is 0.385. The topological polar surface area (TPSA) is 75.9 Å². The zero-order chi connectivity index (χ0) is 18.7. The molecule has 2 fully saturated rings. The molecule has 2 amide bonds. The number of likely N-dealkylation sites (tertiary alicyclic amines) is 1. The summed E-state index contributed by atoms with van der Waals surface area (Å²) in [6.45, 7) is 6.06. The van der Waals surface area contributed by atoms with Gasteiger partial charge in [0.05, 0.1) is 6.20 Å². The van der Waals surface area contributed by atoms with E-state index in [9.17, 15) is 9.59 Å². The minimum Gasteiger partial charge on any atom is -0.444 e. The number of hydrogen-bond acceptors (Lipinski definition) is 5. The molecule has 144 valence electrons. The Hall–Kier alpha value is -2.05. The van der Waals surface area contributed by atoms with E-state index < -0.39 is 17.7 Å². The summed E-state index contributed by atoms with van der Waals surface area (Å²) < 4.78 is 10.9. The van der Waals surface area contributed by atoms with Gasteiger partial charge >= 0.3 is 6.09 Å². The van der Waals surface area contributed by atoms with E-state index in [0.717, 1.165) is 38.5 Å². The van der Waals surface area contributed by atoms with Gasteiger partial charge in [0.1, 0.15) is 11.6 Å². The van der Waals surface area contributed by atoms with Crippen LogP contribution in [-0.4, -0.2) is 46.3 Å². The lowest BCUT2D eigenvalue weighted by Gasteiger charge is -2.39. The number of aromatic nitrogens is 1. The van der Waals surface area contributed by atoms with E-state index in [1.807, 2.05) is 20.8 Å². The summed E-state index contributed by atoms with van der Waals surface area (Å²) in [5.41, 5.74) is -0.585. The molecule has 3 rings (SSSR count). The molecule has 7 heteroatoms. The van der Waals surface area contributed by atoms with Gasteiger partial charge in [-0.25, -0.2) is 4.79 Å². The van der Waals surface area contributed by atoms with Crippen LogP contribution in [0.3, 0.4) is 0 Å². The first-order valence-corrected chi connectivity index (χ1v) is 9.60. The Kier molecular flexibility index (Phi) is 5.53. The Balaban J connectivity index is 1.82. The van der Waals surface area contributed by atoms with Crippen molar-refractivity contribution in [1.82, 2.24) is 10.1 Å². The van der Waals surface area contributed by atoms with Crippen LogP contribution in [0.25, 0.3) is 0 Å². The Morgan fingerprint density at radius 2 is 1.88 bits per heavy atom. The fourth-order valence-electron chi connectivity index (χ4n) is 3.85. The maximum absolute atomic E-state index is 13.5. The highest BCUT2D eigenvalue weighted by atomic mass is 16.6. The highest BCUT2D eigenvalue weighted by Crippen LogP contribution is 2.31. The largest absolute Gasteiger partial charge is 0.444 e. The predicted molar refractivity (Wildman–Crippen MR) is 96.8 cm³/mol. The third kappa shape index (κ3) is 4.19. The normalized spacial score (nSPS) is 21.7. The highest BCUT2D eigenvalue weighted by molar-refractivity contribution is 5.98. The van der Waals surface area contributed by atoms with Gasteiger partial charge in [0.2, 0.25) is 5.88 Å². The van der Waals surface area contributed by atoms with E-state index in [2.05, 4.69) is 5.16 Å². The summed E-state index contributed by atoms with van der Waals surface area (Å²) in [5, 5.41) is 3.77. The average molecular weight is 363 g/mol. The molecule has 1 saturated heterocycles. The second-order valence-corrected chi connectivity index (χ2v) is 8.18. The van der Waals surface area contributed by atoms with Crippen LogP contribution >= 0.6 is 0 Å². The van der Waals surface area contributed by atoms with Crippen LogP contribution in [0.1, 0.15) is 65.7 Å². The lowest BCUT2D eigenvalue weighted by atomic mass is 10.0. The van der Waals surface area contributed by atoms with Gasteiger partial charge in [0, 0.05) is 18.7 Å². The monoisotopic (exact) mass is 363 g/mol. The molecule has 1 aliphatic heterocycles. The van der Waals surface area contributed by atoms with E-state index in [-0.39, 0.29) is 11.9 Å². The molecule has 2 heterocycles. The van der Waals surface area contributed by atoms with E-state index >= 15 is 0 Å². The number of hydrogen-bond donors (Lipinski definition) is 0. The maximum Gasteiger partial charge on any atom is 0.410 e. The molecular weight excluding hydrogens is 334 g/mol. The number of carbonyl (C=O) groups is 2. The van der Waals surface area contributed by atoms with Crippen molar-refractivity contribution in [2.24, 2.45) is 0 Å². The summed E-state index contributed by atoms with van der Waals surface area (Å²) >= 11 is 0. The average Bonchev–Trinajstić information content (AvgIpc) is 3.28. The smallest absolute Gasteiger partial charge is 0.410 e. The van der Waals surface area contributed by atoms with Crippen LogP contribution in [0, 0.1) is 0 Å². The fourth-order valence-corrected chi connectivity index (χ4v) is 3.85. The molecule has 0 bridgehead atoms. The van der Waals surface area contributed by atoms with Gasteiger partial charge < -0.3 is 9.26 Å². The van der Waals surface area contributed by atoms with Crippen molar-refractivity contribution in [3.63, 3.8) is 0 Å². The van der Waals surface area contributed by atoms with Crippen molar-refractivity contribution in [3.05, 3.63) is 12.3 Å². The highest BCUT2D eigenvalue weighted by Gasteiger charge is 2.40. The molecule has 26 heavy (non-hydrogen) atoms. The SMILES string of the molecule is CC(C)(C)OC(=O)N1CCCCC1C(=O)N(c1ccno1)C1CCCC1. The number of anilines is 1. The molecule has 1 aromatic heterocycles. The van der Waals surface area contributed by atoms with Crippen molar-refractivity contribution in [2.45, 2.75) is 83.4 Å². The first-order valence-electron chi connectivity index (χ1n) is 9.60. The van der Waals surface area contributed by atoms with Crippen LogP contribution in [0.4, 0.5) is 10.7 Å². The number of rotatable bonds is 3. The lowest BCUT2D eigenvalue weighted by Crippen LogP contribution is -2.56. The molecule has 1 aromatic rings. The molecule has 1 saturated carbocycles. The molecule has 1 atom stereocenters. The summed E-state index contributed by atoms with van der Waals surface area (Å²) in [4.78, 5) is 29.4. The quantitative estimate of drug-likeness (QED) is 0.818. The molecule has 2 aliphatic rings. The van der Waals surface area contributed by atoms with Gasteiger partial charge in [-0.2, -0.15) is 0 Å². The summed E-state index contributed by atoms with van der Waals surface area (Å²) in [6.07, 6.45) is 7.69. The first-order chi connectivity index (χ1) is 12.4. The number of carbonyl (C=O) groups excluding carboxylic acids is 2. The van der Waals surface area contributed by atoms with Crippen molar-refractivity contribution >= 4 is 17.9 Å². The van der Waals surface area contributed by atoms with Crippen LogP contribution in [-0.2, 0) is 9.53 Å². The lowest BCUT2D eigenvalue weighted by molar-refractivity contribution is -0.125. The van der Waals surface area contributed by atoms with Gasteiger partial charge in [-0.3, -0.25) is 14.6 Å². The Morgan fingerprint density at radius 1 is 1.19 bits per heavy atom. The third-order valence-corrected chi connectivity index (χ3v) is 5.00. The van der Waals surface area contributed by atoms with Gasteiger partial charge in [0.15, 0.2) is 0 Å². The van der Waals surface area contributed by atoms with Crippen molar-refractivity contribution in [3.8, 4) is 0 Å². The Bertz CT molecular complexity index is 617. The van der Waals surface area contributed by atoms with Crippen LogP contribution in [0.15, 0.2) is 16.8 Å². The molecule has 0 aromatic carbocycles. The van der Waals surface area contributed by atoms with E-state index in [1.165, 1.54) is 0 Å². The van der Waals surface area contributed by atoms with E-state index in [4.69, 9.17) is 9.26 Å². The first kappa shape index (κ1) is 18.7. The second-order valence-electron chi connectivity index (χ2n) is 8.18. The van der Waals surface area contributed by atoms with Crippen LogP contribution in [0.5, 0.6) is 0 Å². The van der Waals surface area contributed by atoms with E-state index in [1.54, 1.807) is 22.1 Å². The minimum atomic E-state index is -0.585. The Morgan fingerprint density at radius 3 is 2.50 bits per heavy atom. The molecule has 0 spiro atoms. The fraction of sp³-hybridized carbons (Fsp3) is 0.737. The van der Waals surface area contributed by atoms with Gasteiger partial charge in [-0.15, -0.1) is 0 Å².